The maximum absolute atomic E-state index is 13.0. The summed E-state index contributed by atoms with van der Waals surface area (Å²) in [5, 5.41) is 15.3. The van der Waals surface area contributed by atoms with Crippen LogP contribution in [-0.4, -0.2) is 23.4 Å². The van der Waals surface area contributed by atoms with E-state index in [-0.39, 0.29) is 5.91 Å². The van der Waals surface area contributed by atoms with Crippen molar-refractivity contribution < 1.29 is 4.79 Å². The molecule has 0 atom stereocenters. The molecular weight excluding hydrogens is 354 g/mol. The van der Waals surface area contributed by atoms with Crippen molar-refractivity contribution >= 4 is 33.0 Å². The summed E-state index contributed by atoms with van der Waals surface area (Å²) >= 11 is 1.54. The van der Waals surface area contributed by atoms with Crippen molar-refractivity contribution in [2.75, 3.05) is 11.9 Å². The van der Waals surface area contributed by atoms with Crippen LogP contribution in [0.15, 0.2) is 42.5 Å². The average molecular weight is 375 g/mol. The molecule has 0 unspecified atom stereocenters. The molecule has 27 heavy (non-hydrogen) atoms. The smallest absolute Gasteiger partial charge is 0.256 e. The van der Waals surface area contributed by atoms with Gasteiger partial charge in [0.1, 0.15) is 11.1 Å². The Hall–Kier alpha value is -2.68. The van der Waals surface area contributed by atoms with Gasteiger partial charge in [-0.1, -0.05) is 36.4 Å². The summed E-state index contributed by atoms with van der Waals surface area (Å²) in [6, 6.07) is 16.4. The van der Waals surface area contributed by atoms with Crippen LogP contribution in [0.4, 0.5) is 5.00 Å². The number of hydrogen-bond acceptors (Lipinski definition) is 4. The molecule has 3 aromatic rings. The third-order valence-corrected chi connectivity index (χ3v) is 6.32. The first-order valence-electron chi connectivity index (χ1n) is 9.16. The number of fused-ring (bicyclic) bond motifs is 2. The molecule has 1 amide bonds. The van der Waals surface area contributed by atoms with E-state index in [4.69, 9.17) is 0 Å². The van der Waals surface area contributed by atoms with Gasteiger partial charge < -0.3 is 5.32 Å². The van der Waals surface area contributed by atoms with E-state index in [0.717, 1.165) is 35.8 Å². The first-order valence-corrected chi connectivity index (χ1v) is 9.98. The fraction of sp³-hybridized carbons (Fsp3) is 0.273. The number of nitrogens with zero attached hydrogens (tertiary/aromatic N) is 2. The van der Waals surface area contributed by atoms with Crippen molar-refractivity contribution in [3.05, 3.63) is 64.0 Å². The van der Waals surface area contributed by atoms with Crippen LogP contribution in [0.2, 0.25) is 0 Å². The minimum atomic E-state index is -0.164. The van der Waals surface area contributed by atoms with Gasteiger partial charge >= 0.3 is 0 Å². The van der Waals surface area contributed by atoms with Crippen molar-refractivity contribution in [3.8, 4) is 6.07 Å². The number of benzene rings is 2. The molecule has 0 radical (unpaired) electrons. The molecule has 4 nitrogen and oxygen atoms in total. The lowest BCUT2D eigenvalue weighted by Gasteiger charge is -2.30. The first-order chi connectivity index (χ1) is 13.1. The van der Waals surface area contributed by atoms with Gasteiger partial charge in [-0.25, -0.2) is 0 Å². The highest BCUT2D eigenvalue weighted by Crippen LogP contribution is 2.37. The monoisotopic (exact) mass is 375 g/mol. The molecule has 136 valence electrons. The molecule has 0 spiro atoms. The lowest BCUT2D eigenvalue weighted by molar-refractivity contribution is 0.102. The molecule has 0 saturated carbocycles. The van der Waals surface area contributed by atoms with E-state index in [1.54, 1.807) is 0 Å². The van der Waals surface area contributed by atoms with Crippen LogP contribution in [0.25, 0.3) is 10.8 Å². The number of thiophene rings is 1. The highest BCUT2D eigenvalue weighted by Gasteiger charge is 2.26. The number of nitriles is 1. The number of anilines is 1. The summed E-state index contributed by atoms with van der Waals surface area (Å²) in [7, 11) is 0. The number of carbonyl (C=O) groups is 1. The van der Waals surface area contributed by atoms with Gasteiger partial charge in [0.2, 0.25) is 0 Å². The molecule has 1 aromatic heterocycles. The second-order valence-electron chi connectivity index (χ2n) is 7.11. The van der Waals surface area contributed by atoms with E-state index in [2.05, 4.69) is 30.1 Å². The van der Waals surface area contributed by atoms with E-state index in [9.17, 15) is 10.1 Å². The zero-order valence-electron chi connectivity index (χ0n) is 15.5. The molecule has 0 saturated heterocycles. The van der Waals surface area contributed by atoms with Crippen molar-refractivity contribution in [3.63, 3.8) is 0 Å². The van der Waals surface area contributed by atoms with E-state index < -0.39 is 0 Å². The molecule has 0 fully saturated rings. The number of rotatable bonds is 3. The third kappa shape index (κ3) is 3.23. The lowest BCUT2D eigenvalue weighted by Crippen LogP contribution is -2.35. The van der Waals surface area contributed by atoms with Gasteiger partial charge in [0.25, 0.3) is 5.91 Å². The molecule has 2 aromatic carbocycles. The Balaban J connectivity index is 1.67. The van der Waals surface area contributed by atoms with Crippen LogP contribution < -0.4 is 5.32 Å². The Bertz CT molecular complexity index is 1060. The van der Waals surface area contributed by atoms with E-state index in [1.807, 2.05) is 42.5 Å². The van der Waals surface area contributed by atoms with Crippen molar-refractivity contribution in [1.29, 1.82) is 5.26 Å². The van der Waals surface area contributed by atoms with Crippen LogP contribution >= 0.6 is 11.3 Å². The number of nitrogens with one attached hydrogen (secondary N) is 1. The van der Waals surface area contributed by atoms with Crippen LogP contribution in [0.3, 0.4) is 0 Å². The maximum Gasteiger partial charge on any atom is 0.256 e. The largest absolute Gasteiger partial charge is 0.312 e. The van der Waals surface area contributed by atoms with E-state index in [0.29, 0.717) is 22.2 Å². The van der Waals surface area contributed by atoms with Gasteiger partial charge in [-0.15, -0.1) is 11.3 Å². The maximum atomic E-state index is 13.0. The van der Waals surface area contributed by atoms with Crippen LogP contribution in [-0.2, 0) is 13.0 Å². The second-order valence-corrected chi connectivity index (χ2v) is 8.22. The van der Waals surface area contributed by atoms with Crippen molar-refractivity contribution in [2.24, 2.45) is 0 Å². The SMILES string of the molecule is CC(C)N1CCc2c(sc(NC(=O)c3cccc4ccccc34)c2C#N)C1. The van der Waals surface area contributed by atoms with Crippen LogP contribution in [0.5, 0.6) is 0 Å². The highest BCUT2D eigenvalue weighted by atomic mass is 32.1. The van der Waals surface area contributed by atoms with Gasteiger partial charge in [0.15, 0.2) is 0 Å². The van der Waals surface area contributed by atoms with Gasteiger partial charge in [-0.2, -0.15) is 5.26 Å². The Kier molecular flexibility index (Phi) is 4.69. The van der Waals surface area contributed by atoms with Gasteiger partial charge in [0, 0.05) is 29.6 Å². The summed E-state index contributed by atoms with van der Waals surface area (Å²) in [6.07, 6.45) is 0.858. The molecule has 5 heteroatoms. The standard InChI is InChI=1S/C22H21N3OS/c1-14(2)25-11-10-17-19(12-23)22(27-20(17)13-25)24-21(26)18-9-5-7-15-6-3-4-8-16(15)18/h3-9,14H,10-11,13H2,1-2H3,(H,24,26). The molecule has 1 N–H and O–H groups in total. The minimum Gasteiger partial charge on any atom is -0.312 e. The molecule has 2 heterocycles. The average Bonchev–Trinajstić information content (AvgIpc) is 3.03. The summed E-state index contributed by atoms with van der Waals surface area (Å²) in [5.41, 5.74) is 2.37. The predicted octanol–water partition coefficient (Wildman–Crippen LogP) is 4.79. The Labute approximate surface area is 163 Å². The molecular formula is C22H21N3OS. The quantitative estimate of drug-likeness (QED) is 0.716. The molecule has 0 aliphatic carbocycles. The molecule has 0 bridgehead atoms. The summed E-state index contributed by atoms with van der Waals surface area (Å²) < 4.78 is 0. The number of hydrogen-bond donors (Lipinski definition) is 1. The summed E-state index contributed by atoms with van der Waals surface area (Å²) in [4.78, 5) is 16.6. The van der Waals surface area contributed by atoms with Crippen molar-refractivity contribution in [1.82, 2.24) is 4.90 Å². The summed E-state index contributed by atoms with van der Waals surface area (Å²) in [5.74, 6) is -0.164. The normalized spacial score (nSPS) is 14.1. The van der Waals surface area contributed by atoms with E-state index >= 15 is 0 Å². The van der Waals surface area contributed by atoms with Crippen LogP contribution in [0, 0.1) is 11.3 Å². The number of carbonyl (C=O) groups excluding carboxylic acids is 1. The topological polar surface area (TPSA) is 56.1 Å². The van der Waals surface area contributed by atoms with Gasteiger partial charge in [0.05, 0.1) is 5.56 Å². The van der Waals surface area contributed by atoms with E-state index in [1.165, 1.54) is 16.2 Å². The Morgan fingerprint density at radius 1 is 1.22 bits per heavy atom. The molecule has 1 aliphatic heterocycles. The lowest BCUT2D eigenvalue weighted by atomic mass is 10.0. The van der Waals surface area contributed by atoms with Gasteiger partial charge in [-0.05, 0) is 42.7 Å². The number of amides is 1. The third-order valence-electron chi connectivity index (χ3n) is 5.19. The first kappa shape index (κ1) is 17.7. The summed E-state index contributed by atoms with van der Waals surface area (Å²) in [6.45, 7) is 6.17. The second kappa shape index (κ2) is 7.15. The van der Waals surface area contributed by atoms with Gasteiger partial charge in [-0.3, -0.25) is 9.69 Å². The van der Waals surface area contributed by atoms with Crippen LogP contribution in [0.1, 0.15) is 40.2 Å². The minimum absolute atomic E-state index is 0.164. The Morgan fingerprint density at radius 2 is 2.00 bits per heavy atom. The molecule has 4 rings (SSSR count). The zero-order chi connectivity index (χ0) is 19.0. The Morgan fingerprint density at radius 3 is 2.78 bits per heavy atom. The van der Waals surface area contributed by atoms with Crippen molar-refractivity contribution in [2.45, 2.75) is 32.9 Å². The fourth-order valence-electron chi connectivity index (χ4n) is 3.66. The fourth-order valence-corrected chi connectivity index (χ4v) is 4.88. The zero-order valence-corrected chi connectivity index (χ0v) is 16.3. The predicted molar refractivity (Wildman–Crippen MR) is 110 cm³/mol. The molecule has 1 aliphatic rings. The highest BCUT2D eigenvalue weighted by molar-refractivity contribution is 7.16.